The van der Waals surface area contributed by atoms with Crippen molar-refractivity contribution in [2.45, 2.75) is 44.0 Å². The molecular formula is C24H32N4O5S. The summed E-state index contributed by atoms with van der Waals surface area (Å²) < 4.78 is 16.4. The van der Waals surface area contributed by atoms with Gasteiger partial charge in [-0.1, -0.05) is 18.7 Å². The molecule has 34 heavy (non-hydrogen) atoms. The van der Waals surface area contributed by atoms with Crippen molar-refractivity contribution >= 4 is 29.5 Å². The molecule has 2 aromatic heterocycles. The van der Waals surface area contributed by atoms with Gasteiger partial charge in [0.05, 0.1) is 31.5 Å². The average molecular weight is 489 g/mol. The molecular weight excluding hydrogens is 456 g/mol. The third kappa shape index (κ3) is 6.09. The number of carbonyl (C=O) groups excluding carboxylic acids is 2. The van der Waals surface area contributed by atoms with E-state index in [0.29, 0.717) is 49.6 Å². The number of thioether (sulfide) groups is 1. The van der Waals surface area contributed by atoms with Crippen LogP contribution >= 0.6 is 11.8 Å². The highest BCUT2D eigenvalue weighted by molar-refractivity contribution is 7.98. The third-order valence-corrected chi connectivity index (χ3v) is 6.86. The quantitative estimate of drug-likeness (QED) is 0.315. The monoisotopic (exact) mass is 488 g/mol. The molecule has 2 fully saturated rings. The number of likely N-dealkylation sites (tertiary alicyclic amines) is 1. The van der Waals surface area contributed by atoms with E-state index in [1.54, 1.807) is 17.9 Å². The van der Waals surface area contributed by atoms with Crippen LogP contribution in [0.15, 0.2) is 27.8 Å². The number of aromatic nitrogens is 2. The van der Waals surface area contributed by atoms with E-state index in [1.807, 2.05) is 12.1 Å². The molecule has 0 bridgehead atoms. The van der Waals surface area contributed by atoms with E-state index in [2.05, 4.69) is 16.8 Å². The topological polar surface area (TPSA) is 98.0 Å². The highest BCUT2D eigenvalue weighted by Gasteiger charge is 2.31. The van der Waals surface area contributed by atoms with Gasteiger partial charge in [-0.25, -0.2) is 9.97 Å². The third-order valence-electron chi connectivity index (χ3n) is 5.99. The Bertz CT molecular complexity index is 991. The van der Waals surface area contributed by atoms with Gasteiger partial charge in [-0.3, -0.25) is 9.59 Å². The Kier molecular flexibility index (Phi) is 8.44. The number of furan rings is 1. The number of piperidine rings is 1. The maximum absolute atomic E-state index is 12.9. The first-order valence-electron chi connectivity index (χ1n) is 12.0. The lowest BCUT2D eigenvalue weighted by atomic mass is 9.98. The maximum Gasteiger partial charge on any atom is 0.310 e. The number of aryl methyl sites for hydroxylation is 1. The minimum absolute atomic E-state index is 0.191. The summed E-state index contributed by atoms with van der Waals surface area (Å²) in [5.74, 6) is 1.73. The van der Waals surface area contributed by atoms with E-state index in [4.69, 9.17) is 18.9 Å². The molecule has 4 heterocycles. The average Bonchev–Trinajstić information content (AvgIpc) is 3.36. The number of anilines is 1. The number of nitrogens with zero attached hydrogens (tertiary/aromatic N) is 4. The molecule has 0 saturated carbocycles. The van der Waals surface area contributed by atoms with Crippen LogP contribution < -0.4 is 4.90 Å². The summed E-state index contributed by atoms with van der Waals surface area (Å²) in [5.41, 5.74) is 0.996. The van der Waals surface area contributed by atoms with Crippen molar-refractivity contribution in [1.29, 1.82) is 0 Å². The van der Waals surface area contributed by atoms with Gasteiger partial charge >= 0.3 is 5.97 Å². The van der Waals surface area contributed by atoms with Gasteiger partial charge < -0.3 is 23.7 Å². The van der Waals surface area contributed by atoms with Gasteiger partial charge in [-0.2, -0.15) is 0 Å². The van der Waals surface area contributed by atoms with Gasteiger partial charge in [0.2, 0.25) is 0 Å². The summed E-state index contributed by atoms with van der Waals surface area (Å²) in [6.45, 7) is 8.25. The molecule has 0 aliphatic carbocycles. The minimum atomic E-state index is -0.272. The number of hydrogen-bond donors (Lipinski definition) is 0. The van der Waals surface area contributed by atoms with Crippen LogP contribution in [0.25, 0.3) is 0 Å². The van der Waals surface area contributed by atoms with Crippen LogP contribution in [-0.2, 0) is 26.4 Å². The Morgan fingerprint density at radius 1 is 1.18 bits per heavy atom. The maximum atomic E-state index is 12.9. The predicted octanol–water partition coefficient (Wildman–Crippen LogP) is 3.18. The van der Waals surface area contributed by atoms with Crippen LogP contribution in [0.5, 0.6) is 0 Å². The lowest BCUT2D eigenvalue weighted by Crippen LogP contribution is -2.42. The van der Waals surface area contributed by atoms with Gasteiger partial charge in [-0.05, 0) is 38.3 Å². The molecule has 0 N–H and O–H groups in total. The molecule has 2 aliphatic heterocycles. The zero-order valence-electron chi connectivity index (χ0n) is 19.8. The number of amides is 1. The second-order valence-corrected chi connectivity index (χ2v) is 9.29. The first kappa shape index (κ1) is 24.5. The Balaban J connectivity index is 1.37. The van der Waals surface area contributed by atoms with Gasteiger partial charge in [0.25, 0.3) is 5.91 Å². The van der Waals surface area contributed by atoms with Crippen LogP contribution in [0.3, 0.4) is 0 Å². The smallest absolute Gasteiger partial charge is 0.310 e. The molecule has 10 heteroatoms. The van der Waals surface area contributed by atoms with E-state index in [0.717, 1.165) is 43.9 Å². The fraction of sp³-hybridized carbons (Fsp3) is 0.583. The Labute approximate surface area is 204 Å². The van der Waals surface area contributed by atoms with Crippen molar-refractivity contribution in [2.24, 2.45) is 5.92 Å². The summed E-state index contributed by atoms with van der Waals surface area (Å²) in [6, 6.07) is 5.56. The number of ether oxygens (including phenoxy) is 2. The molecule has 9 nitrogen and oxygen atoms in total. The molecule has 2 saturated heterocycles. The molecule has 2 aromatic rings. The van der Waals surface area contributed by atoms with E-state index in [-0.39, 0.29) is 23.6 Å². The van der Waals surface area contributed by atoms with Crippen molar-refractivity contribution in [1.82, 2.24) is 14.9 Å². The van der Waals surface area contributed by atoms with Gasteiger partial charge in [0.15, 0.2) is 10.9 Å². The molecule has 1 atom stereocenters. The van der Waals surface area contributed by atoms with Crippen LogP contribution in [0, 0.1) is 5.92 Å². The van der Waals surface area contributed by atoms with Gasteiger partial charge in [0.1, 0.15) is 11.6 Å². The highest BCUT2D eigenvalue weighted by Crippen LogP contribution is 2.26. The first-order valence-corrected chi connectivity index (χ1v) is 12.9. The second-order valence-electron chi connectivity index (χ2n) is 8.35. The summed E-state index contributed by atoms with van der Waals surface area (Å²) in [6.07, 6.45) is 2.34. The van der Waals surface area contributed by atoms with E-state index in [1.165, 1.54) is 11.8 Å². The van der Waals surface area contributed by atoms with E-state index >= 15 is 0 Å². The Hall–Kier alpha value is -2.59. The Morgan fingerprint density at radius 2 is 2.00 bits per heavy atom. The van der Waals surface area contributed by atoms with Gasteiger partial charge in [0, 0.05) is 37.9 Å². The van der Waals surface area contributed by atoms with Crippen LogP contribution in [-0.4, -0.2) is 72.7 Å². The second kappa shape index (κ2) is 11.7. The van der Waals surface area contributed by atoms with Crippen molar-refractivity contribution < 1.29 is 23.5 Å². The lowest BCUT2D eigenvalue weighted by Gasteiger charge is -2.30. The molecule has 4 rings (SSSR count). The SMILES string of the molecule is CCOC(=O)C1CCCN(C(=O)c2ccc(CSc3nc(CC)cc(N4CCOCC4)n3)o2)C1. The molecule has 1 unspecified atom stereocenters. The molecule has 0 aromatic carbocycles. The first-order chi connectivity index (χ1) is 16.6. The fourth-order valence-electron chi connectivity index (χ4n) is 4.14. The van der Waals surface area contributed by atoms with E-state index in [9.17, 15) is 9.59 Å². The number of rotatable bonds is 8. The Morgan fingerprint density at radius 3 is 2.76 bits per heavy atom. The number of hydrogen-bond acceptors (Lipinski definition) is 9. The van der Waals surface area contributed by atoms with Crippen LogP contribution in [0.1, 0.15) is 48.7 Å². The molecule has 0 spiro atoms. The number of morpholine rings is 1. The summed E-state index contributed by atoms with van der Waals surface area (Å²) in [4.78, 5) is 38.3. The van der Waals surface area contributed by atoms with Crippen molar-refractivity contribution in [3.63, 3.8) is 0 Å². The fourth-order valence-corrected chi connectivity index (χ4v) is 4.90. The largest absolute Gasteiger partial charge is 0.466 e. The minimum Gasteiger partial charge on any atom is -0.466 e. The summed E-state index contributed by atoms with van der Waals surface area (Å²) in [7, 11) is 0. The lowest BCUT2D eigenvalue weighted by molar-refractivity contribution is -0.149. The summed E-state index contributed by atoms with van der Waals surface area (Å²) >= 11 is 1.49. The molecule has 184 valence electrons. The zero-order valence-corrected chi connectivity index (χ0v) is 20.6. The summed E-state index contributed by atoms with van der Waals surface area (Å²) in [5, 5.41) is 0.693. The van der Waals surface area contributed by atoms with Crippen molar-refractivity contribution in [3.8, 4) is 0 Å². The molecule has 0 radical (unpaired) electrons. The van der Waals surface area contributed by atoms with Crippen LogP contribution in [0.2, 0.25) is 0 Å². The highest BCUT2D eigenvalue weighted by atomic mass is 32.2. The van der Waals surface area contributed by atoms with E-state index < -0.39 is 0 Å². The number of carbonyl (C=O) groups is 2. The normalized spacial score (nSPS) is 18.7. The van der Waals surface area contributed by atoms with Crippen molar-refractivity contribution in [3.05, 3.63) is 35.4 Å². The zero-order chi connectivity index (χ0) is 23.9. The standard InChI is InChI=1S/C24H32N4O5S/c1-3-18-14-21(27-10-12-31-13-11-27)26-24(25-18)34-16-19-7-8-20(33-19)22(29)28-9-5-6-17(15-28)23(30)32-4-2/h7-8,14,17H,3-6,9-13,15-16H2,1-2H3. The van der Waals surface area contributed by atoms with Crippen molar-refractivity contribution in [2.75, 3.05) is 50.9 Å². The van der Waals surface area contributed by atoms with Gasteiger partial charge in [-0.15, -0.1) is 0 Å². The van der Waals surface area contributed by atoms with Crippen LogP contribution in [0.4, 0.5) is 5.82 Å². The number of esters is 1. The molecule has 1 amide bonds. The molecule has 2 aliphatic rings. The predicted molar refractivity (Wildman–Crippen MR) is 128 cm³/mol.